The quantitative estimate of drug-likeness (QED) is 0.166. The lowest BCUT2D eigenvalue weighted by atomic mass is 9.88. The highest BCUT2D eigenvalue weighted by molar-refractivity contribution is 7.25. The first-order chi connectivity index (χ1) is 31.7. The lowest BCUT2D eigenvalue weighted by Crippen LogP contribution is -2.01. The van der Waals surface area contributed by atoms with E-state index in [0.29, 0.717) is 17.5 Å². The highest BCUT2D eigenvalue weighted by Crippen LogP contribution is 2.48. The Balaban J connectivity index is 1.08. The van der Waals surface area contributed by atoms with E-state index < -0.39 is 0 Å². The van der Waals surface area contributed by atoms with Gasteiger partial charge in [-0.3, -0.25) is 0 Å². The molecule has 0 saturated carbocycles. The van der Waals surface area contributed by atoms with E-state index in [1.54, 1.807) is 11.3 Å². The molecule has 11 aromatic carbocycles. The summed E-state index contributed by atoms with van der Waals surface area (Å²) in [6.45, 7) is 0. The molecule has 0 amide bonds. The average Bonchev–Trinajstić information content (AvgIpc) is 3.93. The Bertz CT molecular complexity index is 4260. The highest BCUT2D eigenvalue weighted by atomic mass is 32.1. The molecule has 0 unspecified atom stereocenters. The SMILES string of the molecule is c1ccc(-c2nc(-c3ccc4c(c3)sc3ccccc34)nc(-c3cc(-c4cc5c6ccccc6c6ccccc6c5c5oc6cc7ccccc7cc6c45)cc4ccccc34)n2)cc1. The van der Waals surface area contributed by atoms with Crippen molar-refractivity contribution in [2.75, 3.05) is 0 Å². The molecular weight excluding hydrogens is 799 g/mol. The van der Waals surface area contributed by atoms with Crippen LogP contribution in [0.4, 0.5) is 0 Å². The predicted molar refractivity (Wildman–Crippen MR) is 269 cm³/mol. The van der Waals surface area contributed by atoms with Gasteiger partial charge in [-0.25, -0.2) is 15.0 Å². The first-order valence-electron chi connectivity index (χ1n) is 21.6. The van der Waals surface area contributed by atoms with E-state index >= 15 is 0 Å². The monoisotopic (exact) mass is 831 g/mol. The second-order valence-corrected chi connectivity index (χ2v) is 17.7. The van der Waals surface area contributed by atoms with Crippen molar-refractivity contribution in [3.8, 4) is 45.3 Å². The average molecular weight is 832 g/mol. The fourth-order valence-corrected chi connectivity index (χ4v) is 11.2. The van der Waals surface area contributed by atoms with Gasteiger partial charge in [-0.05, 0) is 102 Å². The first-order valence-corrected chi connectivity index (χ1v) is 22.4. The van der Waals surface area contributed by atoms with Gasteiger partial charge in [0.2, 0.25) is 0 Å². The number of thiophene rings is 1. The van der Waals surface area contributed by atoms with E-state index in [4.69, 9.17) is 19.4 Å². The molecule has 0 spiro atoms. The van der Waals surface area contributed by atoms with Crippen molar-refractivity contribution in [1.82, 2.24) is 15.0 Å². The van der Waals surface area contributed by atoms with E-state index in [0.717, 1.165) is 76.7 Å². The van der Waals surface area contributed by atoms with Gasteiger partial charge in [0, 0.05) is 53.0 Å². The Kier molecular flexibility index (Phi) is 7.53. The number of aromatic nitrogens is 3. The third-order valence-electron chi connectivity index (χ3n) is 13.0. The third kappa shape index (κ3) is 5.31. The molecule has 0 N–H and O–H groups in total. The van der Waals surface area contributed by atoms with Crippen LogP contribution < -0.4 is 0 Å². The van der Waals surface area contributed by atoms with Gasteiger partial charge >= 0.3 is 0 Å². The molecule has 3 heterocycles. The van der Waals surface area contributed by atoms with Crippen LogP contribution in [0.15, 0.2) is 205 Å². The van der Waals surface area contributed by atoms with E-state index in [2.05, 4.69) is 182 Å². The summed E-state index contributed by atoms with van der Waals surface area (Å²) < 4.78 is 9.61. The van der Waals surface area contributed by atoms with Crippen LogP contribution in [0.5, 0.6) is 0 Å². The van der Waals surface area contributed by atoms with Crippen molar-refractivity contribution in [3.05, 3.63) is 200 Å². The molecular formula is C59H33N3OS. The number of fused-ring (bicyclic) bond motifs is 15. The Morgan fingerprint density at radius 3 is 1.70 bits per heavy atom. The normalized spacial score (nSPS) is 12.1. The zero-order valence-electron chi connectivity index (χ0n) is 34.2. The van der Waals surface area contributed by atoms with Crippen LogP contribution in [0, 0.1) is 0 Å². The molecule has 0 fully saturated rings. The molecule has 0 saturated heterocycles. The van der Waals surface area contributed by atoms with Gasteiger partial charge in [0.25, 0.3) is 0 Å². The van der Waals surface area contributed by atoms with Crippen molar-refractivity contribution in [2.24, 2.45) is 0 Å². The van der Waals surface area contributed by atoms with Crippen molar-refractivity contribution in [2.45, 2.75) is 0 Å². The van der Waals surface area contributed by atoms with Crippen molar-refractivity contribution in [1.29, 1.82) is 0 Å². The van der Waals surface area contributed by atoms with Crippen LogP contribution in [0.2, 0.25) is 0 Å². The van der Waals surface area contributed by atoms with Crippen LogP contribution in [0.1, 0.15) is 0 Å². The summed E-state index contributed by atoms with van der Waals surface area (Å²) >= 11 is 1.80. The number of furan rings is 1. The Labute approximate surface area is 370 Å². The summed E-state index contributed by atoms with van der Waals surface area (Å²) in [5, 5.41) is 16.2. The van der Waals surface area contributed by atoms with Crippen LogP contribution in [0.25, 0.3) is 141 Å². The minimum atomic E-state index is 0.620. The number of hydrogen-bond donors (Lipinski definition) is 0. The van der Waals surface area contributed by atoms with Crippen LogP contribution in [-0.2, 0) is 0 Å². The van der Waals surface area contributed by atoms with Gasteiger partial charge in [-0.1, -0.05) is 158 Å². The number of nitrogens with zero attached hydrogens (tertiary/aromatic N) is 3. The largest absolute Gasteiger partial charge is 0.455 e. The maximum absolute atomic E-state index is 7.14. The minimum Gasteiger partial charge on any atom is -0.455 e. The van der Waals surface area contributed by atoms with E-state index in [1.165, 1.54) is 47.1 Å². The van der Waals surface area contributed by atoms with Crippen LogP contribution in [-0.4, -0.2) is 15.0 Å². The predicted octanol–water partition coefficient (Wildman–Crippen LogP) is 16.6. The Morgan fingerprint density at radius 1 is 0.312 bits per heavy atom. The molecule has 14 aromatic rings. The van der Waals surface area contributed by atoms with Gasteiger partial charge < -0.3 is 4.42 Å². The summed E-state index contributed by atoms with van der Waals surface area (Å²) in [4.78, 5) is 15.8. The van der Waals surface area contributed by atoms with Gasteiger partial charge in [-0.2, -0.15) is 0 Å². The summed E-state index contributed by atoms with van der Waals surface area (Å²) in [7, 11) is 0. The van der Waals surface area contributed by atoms with Gasteiger partial charge in [0.05, 0.1) is 0 Å². The molecule has 64 heavy (non-hydrogen) atoms. The molecule has 0 aliphatic rings. The maximum Gasteiger partial charge on any atom is 0.164 e. The topological polar surface area (TPSA) is 51.8 Å². The smallest absolute Gasteiger partial charge is 0.164 e. The molecule has 4 nitrogen and oxygen atoms in total. The van der Waals surface area contributed by atoms with E-state index in [9.17, 15) is 0 Å². The van der Waals surface area contributed by atoms with Crippen molar-refractivity contribution < 1.29 is 4.42 Å². The molecule has 0 aliphatic carbocycles. The van der Waals surface area contributed by atoms with Gasteiger partial charge in [0.15, 0.2) is 17.5 Å². The van der Waals surface area contributed by atoms with Crippen molar-refractivity contribution in [3.63, 3.8) is 0 Å². The number of benzene rings is 11. The van der Waals surface area contributed by atoms with E-state index in [1.807, 2.05) is 18.2 Å². The molecule has 0 atom stereocenters. The standard InChI is InChI=1S/C59H33N3OS/c1-2-14-34(15-3-1)57-60-58(38-26-27-45-44-23-12-13-25-52(44)64-53(45)32-38)62-59(61-57)49-30-39(28-37-18-6-7-19-40(37)49)47-33-48-43-22-9-8-20-41(43)42-21-10-11-24-46(42)54(48)56-55(47)50-29-35-16-4-5-17-36(35)31-51(50)63-56/h1-33H. The summed E-state index contributed by atoms with van der Waals surface area (Å²) in [6, 6.07) is 71.5. The summed E-state index contributed by atoms with van der Waals surface area (Å²) in [5.74, 6) is 1.89. The lowest BCUT2D eigenvalue weighted by molar-refractivity contribution is 0.673. The van der Waals surface area contributed by atoms with E-state index in [-0.39, 0.29) is 0 Å². The van der Waals surface area contributed by atoms with Crippen molar-refractivity contribution >= 4 is 107 Å². The summed E-state index contributed by atoms with van der Waals surface area (Å²) in [5.41, 5.74) is 6.73. The molecule has 3 aromatic heterocycles. The molecule has 0 radical (unpaired) electrons. The Hall–Kier alpha value is -8.25. The summed E-state index contributed by atoms with van der Waals surface area (Å²) in [6.07, 6.45) is 0. The zero-order valence-corrected chi connectivity index (χ0v) is 35.0. The fourth-order valence-electron chi connectivity index (χ4n) is 10.1. The second kappa shape index (κ2) is 13.6. The van der Waals surface area contributed by atoms with Gasteiger partial charge in [0.1, 0.15) is 11.2 Å². The molecule has 0 aliphatic heterocycles. The molecule has 5 heteroatoms. The maximum atomic E-state index is 7.14. The Morgan fingerprint density at radius 2 is 0.906 bits per heavy atom. The molecule has 14 rings (SSSR count). The third-order valence-corrected chi connectivity index (χ3v) is 14.2. The van der Waals surface area contributed by atoms with Crippen LogP contribution in [0.3, 0.4) is 0 Å². The molecule has 0 bridgehead atoms. The number of hydrogen-bond acceptors (Lipinski definition) is 5. The molecule has 296 valence electrons. The second-order valence-electron chi connectivity index (χ2n) is 16.7. The number of rotatable bonds is 4. The first kappa shape index (κ1) is 35.4. The zero-order chi connectivity index (χ0) is 41.9. The van der Waals surface area contributed by atoms with Gasteiger partial charge in [-0.15, -0.1) is 11.3 Å². The fraction of sp³-hybridized carbons (Fsp3) is 0. The minimum absolute atomic E-state index is 0.620. The van der Waals surface area contributed by atoms with Crippen LogP contribution >= 0.6 is 11.3 Å². The highest BCUT2D eigenvalue weighted by Gasteiger charge is 2.23. The lowest BCUT2D eigenvalue weighted by Gasteiger charge is -2.16.